The molecule has 0 bridgehead atoms. The highest BCUT2D eigenvalue weighted by Crippen LogP contribution is 2.25. The fraction of sp³-hybridized carbons (Fsp3) is 0.824. The summed E-state index contributed by atoms with van der Waals surface area (Å²) in [5, 5.41) is 28.7. The van der Waals surface area contributed by atoms with Gasteiger partial charge in [0, 0.05) is 167 Å². The predicted octanol–water partition coefficient (Wildman–Crippen LogP) is 1.98. The first-order valence-corrected chi connectivity index (χ1v) is 35.7. The summed E-state index contributed by atoms with van der Waals surface area (Å²) in [6.07, 6.45) is 9.20. The van der Waals surface area contributed by atoms with Crippen LogP contribution in [0.3, 0.4) is 0 Å². The van der Waals surface area contributed by atoms with E-state index in [9.17, 15) is 57.5 Å². The van der Waals surface area contributed by atoms with Crippen molar-refractivity contribution in [2.45, 2.75) is 219 Å². The first kappa shape index (κ1) is 84.3. The summed E-state index contributed by atoms with van der Waals surface area (Å²) in [7, 11) is 4.09. The molecule has 8 amide bonds. The van der Waals surface area contributed by atoms with Crippen molar-refractivity contribution < 1.29 is 57.5 Å². The summed E-state index contributed by atoms with van der Waals surface area (Å²) >= 11 is 0. The first-order chi connectivity index (χ1) is 45.2. The van der Waals surface area contributed by atoms with Crippen LogP contribution in [-0.2, 0) is 57.5 Å². The van der Waals surface area contributed by atoms with Gasteiger partial charge in [-0.15, -0.1) is 0 Å². The predicted molar refractivity (Wildman–Crippen MR) is 365 cm³/mol. The second kappa shape index (κ2) is 51.5. The van der Waals surface area contributed by atoms with Gasteiger partial charge in [0.05, 0.1) is 30.2 Å². The number of nitrogens with zero attached hydrogens (tertiary/aromatic N) is 2. The van der Waals surface area contributed by atoms with E-state index >= 15 is 0 Å². The van der Waals surface area contributed by atoms with Gasteiger partial charge in [-0.05, 0) is 91.4 Å². The van der Waals surface area contributed by atoms with Crippen LogP contribution in [0, 0.1) is 29.6 Å². The van der Waals surface area contributed by atoms with Crippen molar-refractivity contribution in [1.29, 1.82) is 0 Å². The van der Waals surface area contributed by atoms with E-state index in [0.29, 0.717) is 97.0 Å². The van der Waals surface area contributed by atoms with Crippen LogP contribution in [0.15, 0.2) is 0 Å². The van der Waals surface area contributed by atoms with Gasteiger partial charge in [0.2, 0.25) is 47.3 Å². The van der Waals surface area contributed by atoms with Gasteiger partial charge in [-0.25, -0.2) is 0 Å². The summed E-state index contributed by atoms with van der Waals surface area (Å²) < 4.78 is 0. The molecule has 2 aliphatic rings. The Bertz CT molecular complexity index is 2300. The molecule has 0 aromatic carbocycles. The number of unbranched alkanes of at least 4 members (excludes halogenated alkanes) is 7. The van der Waals surface area contributed by atoms with E-state index in [1.165, 1.54) is 0 Å². The van der Waals surface area contributed by atoms with Gasteiger partial charge in [0.25, 0.3) is 0 Å². The zero-order valence-corrected chi connectivity index (χ0v) is 58.3. The molecule has 2 aliphatic heterocycles. The Hall–Kier alpha value is -5.80. The number of amides is 8. The molecule has 2 saturated heterocycles. The molecule has 2 fully saturated rings. The van der Waals surface area contributed by atoms with Gasteiger partial charge in [-0.1, -0.05) is 72.6 Å². The molecule has 8 unspecified atom stereocenters. The largest absolute Gasteiger partial charge is 0.356 e. The molecule has 94 heavy (non-hydrogen) atoms. The molecule has 0 radical (unpaired) electrons. The Morgan fingerprint density at radius 1 is 0.372 bits per heavy atom. The summed E-state index contributed by atoms with van der Waals surface area (Å²) in [5.74, 6) is -12.8. The minimum absolute atomic E-state index is 0.0782. The highest BCUT2D eigenvalue weighted by Gasteiger charge is 2.36. The number of nitrogens with one attached hydrogen (secondary N) is 10. The smallest absolute Gasteiger partial charge is 0.224 e. The summed E-state index contributed by atoms with van der Waals surface area (Å²) in [5.41, 5.74) is 11.2. The lowest BCUT2D eigenvalue weighted by atomic mass is 9.84. The molecule has 26 nitrogen and oxygen atoms in total. The first-order valence-electron chi connectivity index (χ1n) is 35.7. The maximum atomic E-state index is 14.8. The summed E-state index contributed by atoms with van der Waals surface area (Å²) in [6, 6.07) is -0.964. The summed E-state index contributed by atoms with van der Waals surface area (Å²) in [6.45, 7) is 14.1. The zero-order valence-electron chi connectivity index (χ0n) is 58.3. The lowest BCUT2D eigenvalue weighted by Crippen LogP contribution is -2.47. The molecule has 8 atom stereocenters. The highest BCUT2D eigenvalue weighted by molar-refractivity contribution is 5.99. The van der Waals surface area contributed by atoms with Crippen molar-refractivity contribution >= 4 is 70.4 Å². The van der Waals surface area contributed by atoms with Gasteiger partial charge in [0.1, 0.15) is 17.3 Å². The van der Waals surface area contributed by atoms with Crippen LogP contribution < -0.4 is 64.6 Å². The molecule has 2 rings (SSSR count). The Morgan fingerprint density at radius 3 is 1.27 bits per heavy atom. The molecule has 538 valence electrons. The highest BCUT2D eigenvalue weighted by atomic mass is 16.2. The third-order valence-corrected chi connectivity index (χ3v) is 17.9. The van der Waals surface area contributed by atoms with Gasteiger partial charge >= 0.3 is 0 Å². The normalized spacial score (nSPS) is 16.8. The van der Waals surface area contributed by atoms with Gasteiger partial charge in [-0.2, -0.15) is 0 Å². The molecule has 26 heteroatoms. The van der Waals surface area contributed by atoms with Crippen LogP contribution in [0.1, 0.15) is 201 Å². The standard InChI is InChI=1S/C68H124N14O12/c1-7-11-14-16-27-73-63(89)48-58(60(86)44-51(66(92)79-36-34-72-32-25-70)41-57(84)42-52(67(93)76-26-13-9-3)46-62(88)75-35-33-71-31-24-69)80-64(90)47-53(68(94)77-28-17-15-12-8-2)43-59(85)50(45-61(87)74-29-22-54-20-18-37-81(54)5)40-56(83)39-49(10-4)65(91)78-30-23-55-21-19-38-82(55)6/h49-55,58,71-72H,7-48,69-70H2,1-6H3,(H,73,89)(H,74,87)(H,75,88)(H,76,93)(H,77,94)(H,78,91)(H,79,92)(H,80,90). The zero-order chi connectivity index (χ0) is 69.5. The number of nitrogens with two attached hydrogens (primary N) is 2. The molecule has 2 heterocycles. The molecule has 0 spiro atoms. The SMILES string of the molecule is CCCCCCNC(=O)CC(NC(=O)CC(CC(=O)C(CC(=O)CC(CC)C(=O)NCCC1CCCN1C)CC(=O)NCCC1CCCN1C)C(=O)NCCCCCC)C(=O)CC(CC(=O)CC(CC(=O)NCCNCCN)C(=O)NCCCC)C(=O)NCCNCCN. The third kappa shape index (κ3) is 37.5. The topological polar surface area (TPSA) is 384 Å². The van der Waals surface area contributed by atoms with Crippen LogP contribution in [-0.4, -0.2) is 211 Å². The molecular formula is C68H124N14O12. The van der Waals surface area contributed by atoms with E-state index in [-0.39, 0.29) is 57.4 Å². The molecule has 0 saturated carbocycles. The number of carbonyl (C=O) groups is 12. The third-order valence-electron chi connectivity index (χ3n) is 17.9. The van der Waals surface area contributed by atoms with E-state index in [0.717, 1.165) is 90.1 Å². The van der Waals surface area contributed by atoms with Crippen molar-refractivity contribution in [2.24, 2.45) is 41.1 Å². The van der Waals surface area contributed by atoms with Crippen molar-refractivity contribution in [3.63, 3.8) is 0 Å². The minimum Gasteiger partial charge on any atom is -0.356 e. The number of hydrogen-bond donors (Lipinski definition) is 12. The molecule has 0 aliphatic carbocycles. The lowest BCUT2D eigenvalue weighted by Gasteiger charge is -2.24. The average Bonchev–Trinajstić information content (AvgIpc) is 1.43. The second-order valence-corrected chi connectivity index (χ2v) is 26.0. The lowest BCUT2D eigenvalue weighted by molar-refractivity contribution is -0.138. The van der Waals surface area contributed by atoms with Crippen LogP contribution in [0.25, 0.3) is 0 Å². The fourth-order valence-corrected chi connectivity index (χ4v) is 12.1. The summed E-state index contributed by atoms with van der Waals surface area (Å²) in [4.78, 5) is 173. The Labute approximate surface area is 561 Å². The maximum absolute atomic E-state index is 14.8. The van der Waals surface area contributed by atoms with E-state index in [1.807, 2.05) is 34.7 Å². The van der Waals surface area contributed by atoms with E-state index in [4.69, 9.17) is 11.5 Å². The van der Waals surface area contributed by atoms with Crippen LogP contribution in [0.4, 0.5) is 0 Å². The van der Waals surface area contributed by atoms with E-state index in [1.54, 1.807) is 0 Å². The Morgan fingerprint density at radius 2 is 0.755 bits per heavy atom. The van der Waals surface area contributed by atoms with Gasteiger partial charge in [0.15, 0.2) is 5.78 Å². The molecular weight excluding hydrogens is 1200 g/mol. The number of likely N-dealkylation sites (tertiary alicyclic amines) is 2. The maximum Gasteiger partial charge on any atom is 0.224 e. The number of hydrogen-bond acceptors (Lipinski definition) is 18. The van der Waals surface area contributed by atoms with Crippen molar-refractivity contribution in [1.82, 2.24) is 63.0 Å². The number of rotatable bonds is 57. The van der Waals surface area contributed by atoms with Gasteiger partial charge < -0.3 is 74.4 Å². The van der Waals surface area contributed by atoms with Crippen LogP contribution in [0.5, 0.6) is 0 Å². The van der Waals surface area contributed by atoms with Crippen molar-refractivity contribution in [3.05, 3.63) is 0 Å². The monoisotopic (exact) mass is 1330 g/mol. The second-order valence-electron chi connectivity index (χ2n) is 26.0. The Balaban J connectivity index is 2.57. The van der Waals surface area contributed by atoms with Gasteiger partial charge in [-0.3, -0.25) is 57.5 Å². The van der Waals surface area contributed by atoms with E-state index < -0.39 is 145 Å². The molecule has 0 aromatic rings. The fourth-order valence-electron chi connectivity index (χ4n) is 12.1. The number of ketones is 4. The molecule has 0 aromatic heterocycles. The van der Waals surface area contributed by atoms with Crippen LogP contribution >= 0.6 is 0 Å². The quantitative estimate of drug-likeness (QED) is 0.0387. The average molecular weight is 1330 g/mol. The minimum atomic E-state index is -1.60. The van der Waals surface area contributed by atoms with Crippen molar-refractivity contribution in [3.8, 4) is 0 Å². The number of Topliss-reactive ketones (excluding diaryl/α,β-unsaturated/α-hetero) is 4. The van der Waals surface area contributed by atoms with E-state index in [2.05, 4.69) is 70.0 Å². The van der Waals surface area contributed by atoms with Crippen LogP contribution in [0.2, 0.25) is 0 Å². The molecule has 14 N–H and O–H groups in total. The number of carbonyl (C=O) groups excluding carboxylic acids is 12. The van der Waals surface area contributed by atoms with Crippen molar-refractivity contribution in [2.75, 3.05) is 112 Å². The Kier molecular flexibility index (Phi) is 46.2.